The minimum Gasteiger partial charge on any atom is -0.378 e. The van der Waals surface area contributed by atoms with E-state index >= 15 is 0 Å². The van der Waals surface area contributed by atoms with Crippen LogP contribution in [0, 0.1) is 5.82 Å². The number of aliphatic hydroxyl groups is 1. The van der Waals surface area contributed by atoms with Crippen molar-refractivity contribution in [3.63, 3.8) is 0 Å². The van der Waals surface area contributed by atoms with Crippen molar-refractivity contribution in [1.82, 2.24) is 4.90 Å². The van der Waals surface area contributed by atoms with Gasteiger partial charge in [0.15, 0.2) is 6.10 Å². The largest absolute Gasteiger partial charge is 0.378 e. The molecular weight excluding hydrogens is 281 g/mol. The fraction of sp³-hybridized carbons (Fsp3) is 0.278. The summed E-state index contributed by atoms with van der Waals surface area (Å²) in [4.78, 5) is 14.3. The fourth-order valence-electron chi connectivity index (χ4n) is 3.03. The van der Waals surface area contributed by atoms with Crippen LogP contribution in [0.5, 0.6) is 0 Å². The summed E-state index contributed by atoms with van der Waals surface area (Å²) < 4.78 is 13.4. The van der Waals surface area contributed by atoms with Crippen LogP contribution in [0.25, 0.3) is 0 Å². The van der Waals surface area contributed by atoms with Gasteiger partial charge in [-0.25, -0.2) is 4.39 Å². The number of carbonyl (C=O) groups is 1. The summed E-state index contributed by atoms with van der Waals surface area (Å²) in [7, 11) is 0. The molecule has 0 aromatic heterocycles. The average Bonchev–Trinajstić information content (AvgIpc) is 3.04. The van der Waals surface area contributed by atoms with Crippen LogP contribution >= 0.6 is 0 Å². The zero-order chi connectivity index (χ0) is 15.5. The highest BCUT2D eigenvalue weighted by Crippen LogP contribution is 2.34. The van der Waals surface area contributed by atoms with Gasteiger partial charge in [-0.2, -0.15) is 0 Å². The summed E-state index contributed by atoms with van der Waals surface area (Å²) >= 11 is 0. The number of amides is 1. The average molecular weight is 299 g/mol. The molecule has 0 radical (unpaired) electrons. The van der Waals surface area contributed by atoms with Gasteiger partial charge in [-0.1, -0.05) is 42.5 Å². The highest BCUT2D eigenvalue weighted by atomic mass is 19.1. The molecule has 114 valence electrons. The van der Waals surface area contributed by atoms with Crippen molar-refractivity contribution < 1.29 is 14.3 Å². The number of carbonyl (C=O) groups excluding carboxylic acids is 1. The molecule has 3 rings (SSSR count). The van der Waals surface area contributed by atoms with Gasteiger partial charge >= 0.3 is 0 Å². The summed E-state index contributed by atoms with van der Waals surface area (Å²) in [5.41, 5.74) is 1.36. The maximum Gasteiger partial charge on any atom is 0.256 e. The van der Waals surface area contributed by atoms with Gasteiger partial charge in [0, 0.05) is 6.54 Å². The van der Waals surface area contributed by atoms with E-state index in [-0.39, 0.29) is 17.8 Å². The zero-order valence-electron chi connectivity index (χ0n) is 12.2. The van der Waals surface area contributed by atoms with Gasteiger partial charge in [0.25, 0.3) is 5.91 Å². The van der Waals surface area contributed by atoms with Gasteiger partial charge in [-0.05, 0) is 36.1 Å². The van der Waals surface area contributed by atoms with Crippen LogP contribution in [0.1, 0.15) is 36.1 Å². The zero-order valence-corrected chi connectivity index (χ0v) is 12.2. The highest BCUT2D eigenvalue weighted by Gasteiger charge is 2.33. The molecule has 0 saturated carbocycles. The van der Waals surface area contributed by atoms with Crippen LogP contribution in [0.2, 0.25) is 0 Å². The molecular formula is C18H18FNO2. The minimum atomic E-state index is -1.17. The standard InChI is InChI=1S/C18H18FNO2/c19-15-9-4-8-14(12-15)16-10-5-11-20(16)18(22)17(21)13-6-2-1-3-7-13/h1-4,6-9,12,16-17,21H,5,10-11H2. The van der Waals surface area contributed by atoms with Crippen LogP contribution in [0.15, 0.2) is 54.6 Å². The molecule has 1 amide bonds. The molecule has 1 fully saturated rings. The Bertz CT molecular complexity index is 659. The van der Waals surface area contributed by atoms with Crippen molar-refractivity contribution in [2.75, 3.05) is 6.54 Å². The smallest absolute Gasteiger partial charge is 0.256 e. The van der Waals surface area contributed by atoms with E-state index in [2.05, 4.69) is 0 Å². The van der Waals surface area contributed by atoms with Gasteiger partial charge in [0.05, 0.1) is 6.04 Å². The molecule has 22 heavy (non-hydrogen) atoms. The second kappa shape index (κ2) is 6.28. The molecule has 2 unspecified atom stereocenters. The molecule has 2 aromatic rings. The number of halogens is 1. The molecule has 1 aliphatic heterocycles. The minimum absolute atomic E-state index is 0.165. The third kappa shape index (κ3) is 2.88. The van der Waals surface area contributed by atoms with Gasteiger partial charge in [-0.3, -0.25) is 4.79 Å². The normalized spacial score (nSPS) is 19.2. The first kappa shape index (κ1) is 14.7. The maximum atomic E-state index is 13.4. The molecule has 1 N–H and O–H groups in total. The third-order valence-electron chi connectivity index (χ3n) is 4.12. The van der Waals surface area contributed by atoms with Crippen LogP contribution in [-0.4, -0.2) is 22.5 Å². The summed E-state index contributed by atoms with van der Waals surface area (Å²) in [6.07, 6.45) is 0.473. The lowest BCUT2D eigenvalue weighted by Crippen LogP contribution is -2.34. The molecule has 4 heteroatoms. The van der Waals surface area contributed by atoms with Crippen molar-refractivity contribution in [2.45, 2.75) is 25.0 Å². The van der Waals surface area contributed by atoms with Gasteiger partial charge in [-0.15, -0.1) is 0 Å². The summed E-state index contributed by atoms with van der Waals surface area (Å²) in [5, 5.41) is 10.3. The Kier molecular flexibility index (Phi) is 4.20. The van der Waals surface area contributed by atoms with E-state index in [1.54, 1.807) is 35.2 Å². The molecule has 0 aliphatic carbocycles. The Balaban J connectivity index is 1.82. The molecule has 3 nitrogen and oxygen atoms in total. The number of hydrogen-bond donors (Lipinski definition) is 1. The second-order valence-corrected chi connectivity index (χ2v) is 5.56. The Morgan fingerprint density at radius 3 is 2.68 bits per heavy atom. The lowest BCUT2D eigenvalue weighted by molar-refractivity contribution is -0.141. The monoisotopic (exact) mass is 299 g/mol. The first-order valence-electron chi connectivity index (χ1n) is 7.46. The van der Waals surface area contributed by atoms with Crippen LogP contribution in [-0.2, 0) is 4.79 Å². The van der Waals surface area contributed by atoms with E-state index in [9.17, 15) is 14.3 Å². The van der Waals surface area contributed by atoms with Crippen molar-refractivity contribution in [2.24, 2.45) is 0 Å². The number of likely N-dealkylation sites (tertiary alicyclic amines) is 1. The predicted molar refractivity (Wildman–Crippen MR) is 81.5 cm³/mol. The molecule has 1 heterocycles. The lowest BCUT2D eigenvalue weighted by Gasteiger charge is -2.27. The molecule has 1 aliphatic rings. The van der Waals surface area contributed by atoms with Crippen molar-refractivity contribution in [3.05, 3.63) is 71.5 Å². The van der Waals surface area contributed by atoms with Gasteiger partial charge in [0.2, 0.25) is 0 Å². The molecule has 1 saturated heterocycles. The predicted octanol–water partition coefficient (Wildman–Crippen LogP) is 3.22. The van der Waals surface area contributed by atoms with Crippen LogP contribution in [0.4, 0.5) is 4.39 Å². The van der Waals surface area contributed by atoms with Crippen LogP contribution in [0.3, 0.4) is 0 Å². The lowest BCUT2D eigenvalue weighted by atomic mass is 10.0. The van der Waals surface area contributed by atoms with E-state index in [0.29, 0.717) is 12.1 Å². The van der Waals surface area contributed by atoms with Crippen molar-refractivity contribution in [1.29, 1.82) is 0 Å². The van der Waals surface area contributed by atoms with E-state index in [1.165, 1.54) is 12.1 Å². The molecule has 2 atom stereocenters. The molecule has 0 bridgehead atoms. The first-order valence-corrected chi connectivity index (χ1v) is 7.46. The Labute approximate surface area is 129 Å². The van der Waals surface area contributed by atoms with Gasteiger partial charge < -0.3 is 10.0 Å². The van der Waals surface area contributed by atoms with Crippen molar-refractivity contribution >= 4 is 5.91 Å². The fourth-order valence-corrected chi connectivity index (χ4v) is 3.03. The Morgan fingerprint density at radius 1 is 1.18 bits per heavy atom. The quantitative estimate of drug-likeness (QED) is 0.945. The van der Waals surface area contributed by atoms with E-state index in [1.807, 2.05) is 12.1 Å². The number of hydrogen-bond acceptors (Lipinski definition) is 2. The third-order valence-corrected chi connectivity index (χ3v) is 4.12. The number of rotatable bonds is 3. The number of nitrogens with zero attached hydrogens (tertiary/aromatic N) is 1. The van der Waals surface area contributed by atoms with Gasteiger partial charge in [0.1, 0.15) is 5.82 Å². The van der Waals surface area contributed by atoms with E-state index in [0.717, 1.165) is 18.4 Å². The summed E-state index contributed by atoms with van der Waals surface area (Å²) in [5.74, 6) is -0.627. The number of aliphatic hydroxyl groups excluding tert-OH is 1. The van der Waals surface area contributed by atoms with Crippen molar-refractivity contribution in [3.8, 4) is 0 Å². The molecule has 0 spiro atoms. The van der Waals surface area contributed by atoms with E-state index < -0.39 is 6.10 Å². The Morgan fingerprint density at radius 2 is 1.95 bits per heavy atom. The van der Waals surface area contributed by atoms with Crippen LogP contribution < -0.4 is 0 Å². The number of benzene rings is 2. The topological polar surface area (TPSA) is 40.5 Å². The summed E-state index contributed by atoms with van der Waals surface area (Å²) in [6, 6.07) is 15.1. The molecule has 2 aromatic carbocycles. The Hall–Kier alpha value is -2.20. The highest BCUT2D eigenvalue weighted by molar-refractivity contribution is 5.82. The van der Waals surface area contributed by atoms with E-state index in [4.69, 9.17) is 0 Å². The maximum absolute atomic E-state index is 13.4. The first-order chi connectivity index (χ1) is 10.7. The second-order valence-electron chi connectivity index (χ2n) is 5.56. The SMILES string of the molecule is O=C(C(O)c1ccccc1)N1CCCC1c1cccc(F)c1. The summed E-state index contributed by atoms with van der Waals surface area (Å²) in [6.45, 7) is 0.587.